The molecule has 0 amide bonds. The van der Waals surface area contributed by atoms with E-state index in [0.717, 1.165) is 17.8 Å². The summed E-state index contributed by atoms with van der Waals surface area (Å²) < 4.78 is 0. The summed E-state index contributed by atoms with van der Waals surface area (Å²) in [5.41, 5.74) is 0. The topological polar surface area (TPSA) is 0 Å². The lowest BCUT2D eigenvalue weighted by atomic mass is 9.89. The van der Waals surface area contributed by atoms with Gasteiger partial charge in [0.05, 0.1) is 0 Å². The molecule has 58 valence electrons. The lowest BCUT2D eigenvalue weighted by Gasteiger charge is -2.17. The van der Waals surface area contributed by atoms with E-state index in [0.29, 0.717) is 0 Å². The Balaban J connectivity index is 2.12. The summed E-state index contributed by atoms with van der Waals surface area (Å²) in [6.45, 7) is 7.00. The van der Waals surface area contributed by atoms with Gasteiger partial charge in [0.25, 0.3) is 0 Å². The highest BCUT2D eigenvalue weighted by Gasteiger charge is 2.18. The summed E-state index contributed by atoms with van der Waals surface area (Å²) in [5, 5.41) is 0. The van der Waals surface area contributed by atoms with Gasteiger partial charge in [0.2, 0.25) is 0 Å². The summed E-state index contributed by atoms with van der Waals surface area (Å²) in [6, 6.07) is 0. The Bertz CT molecular complexity index is 118. The molecule has 0 heterocycles. The third-order valence-electron chi connectivity index (χ3n) is 2.72. The maximum Gasteiger partial charge on any atom is -0.00504 e. The van der Waals surface area contributed by atoms with Gasteiger partial charge in [0.15, 0.2) is 0 Å². The highest BCUT2D eigenvalue weighted by molar-refractivity contribution is 5.13. The maximum atomic E-state index is 2.37. The second-order valence-electron chi connectivity index (χ2n) is 3.65. The van der Waals surface area contributed by atoms with E-state index in [4.69, 9.17) is 0 Å². The van der Waals surface area contributed by atoms with Crippen molar-refractivity contribution >= 4 is 0 Å². The molecule has 0 aromatic carbocycles. The van der Waals surface area contributed by atoms with Gasteiger partial charge < -0.3 is 0 Å². The van der Waals surface area contributed by atoms with E-state index in [2.05, 4.69) is 32.9 Å². The summed E-state index contributed by atoms with van der Waals surface area (Å²) in [4.78, 5) is 0. The highest BCUT2D eigenvalue weighted by atomic mass is 14.2. The van der Waals surface area contributed by atoms with Gasteiger partial charge in [0, 0.05) is 0 Å². The third kappa shape index (κ3) is 2.17. The van der Waals surface area contributed by atoms with Crippen molar-refractivity contribution in [1.82, 2.24) is 0 Å². The molecule has 0 heteroatoms. The van der Waals surface area contributed by atoms with Gasteiger partial charge in [-0.15, -0.1) is 0 Å². The molecule has 2 unspecified atom stereocenters. The van der Waals surface area contributed by atoms with Crippen LogP contribution >= 0.6 is 0 Å². The second kappa shape index (κ2) is 3.23. The molecular weight excluding hydrogens is 120 g/mol. The van der Waals surface area contributed by atoms with Crippen molar-refractivity contribution in [3.8, 4) is 0 Å². The fourth-order valence-corrected chi connectivity index (χ4v) is 1.30. The SMILES string of the molecule is CCC(C)C(C)CC1C=C1. The molecule has 0 aromatic rings. The monoisotopic (exact) mass is 138 g/mol. The summed E-state index contributed by atoms with van der Waals surface area (Å²) >= 11 is 0. The van der Waals surface area contributed by atoms with Crippen LogP contribution in [-0.4, -0.2) is 0 Å². The van der Waals surface area contributed by atoms with Crippen LogP contribution in [0.25, 0.3) is 0 Å². The van der Waals surface area contributed by atoms with Crippen LogP contribution in [-0.2, 0) is 0 Å². The van der Waals surface area contributed by atoms with E-state index in [9.17, 15) is 0 Å². The summed E-state index contributed by atoms with van der Waals surface area (Å²) in [5.74, 6) is 2.68. The summed E-state index contributed by atoms with van der Waals surface area (Å²) in [6.07, 6.45) is 7.32. The Morgan fingerprint density at radius 3 is 2.20 bits per heavy atom. The predicted molar refractivity (Wildman–Crippen MR) is 45.9 cm³/mol. The first kappa shape index (κ1) is 7.84. The molecule has 0 fully saturated rings. The first-order chi connectivity index (χ1) is 4.74. The van der Waals surface area contributed by atoms with Gasteiger partial charge in [-0.3, -0.25) is 0 Å². The van der Waals surface area contributed by atoms with Crippen LogP contribution in [0.3, 0.4) is 0 Å². The first-order valence-corrected chi connectivity index (χ1v) is 4.42. The van der Waals surface area contributed by atoms with E-state index in [1.807, 2.05) is 0 Å². The lowest BCUT2D eigenvalue weighted by Crippen LogP contribution is -2.07. The molecule has 10 heavy (non-hydrogen) atoms. The first-order valence-electron chi connectivity index (χ1n) is 4.42. The lowest BCUT2D eigenvalue weighted by molar-refractivity contribution is 0.346. The van der Waals surface area contributed by atoms with Crippen molar-refractivity contribution < 1.29 is 0 Å². The molecular formula is C10H18. The Labute approximate surface area is 64.3 Å². The van der Waals surface area contributed by atoms with Crippen molar-refractivity contribution in [3.05, 3.63) is 12.2 Å². The van der Waals surface area contributed by atoms with Crippen LogP contribution in [0.4, 0.5) is 0 Å². The van der Waals surface area contributed by atoms with Gasteiger partial charge in [-0.05, 0) is 24.2 Å². The number of allylic oxidation sites excluding steroid dienone is 2. The van der Waals surface area contributed by atoms with E-state index in [-0.39, 0.29) is 0 Å². The molecule has 0 bridgehead atoms. The average molecular weight is 138 g/mol. The zero-order valence-electron chi connectivity index (χ0n) is 7.30. The molecule has 0 aromatic heterocycles. The van der Waals surface area contributed by atoms with E-state index >= 15 is 0 Å². The van der Waals surface area contributed by atoms with Crippen molar-refractivity contribution in [3.63, 3.8) is 0 Å². The molecule has 1 aliphatic carbocycles. The standard InChI is InChI=1S/C10H18/c1-4-8(2)9(3)7-10-5-6-10/h5-6,8-10H,4,7H2,1-3H3. The van der Waals surface area contributed by atoms with E-state index in [1.54, 1.807) is 0 Å². The van der Waals surface area contributed by atoms with Crippen LogP contribution in [0.1, 0.15) is 33.6 Å². The molecule has 0 N–H and O–H groups in total. The van der Waals surface area contributed by atoms with E-state index < -0.39 is 0 Å². The van der Waals surface area contributed by atoms with Gasteiger partial charge in [-0.25, -0.2) is 0 Å². The minimum atomic E-state index is 0.865. The molecule has 0 nitrogen and oxygen atoms in total. The summed E-state index contributed by atoms with van der Waals surface area (Å²) in [7, 11) is 0. The highest BCUT2D eigenvalue weighted by Crippen LogP contribution is 2.29. The molecule has 1 rings (SSSR count). The average Bonchev–Trinajstić information content (AvgIpc) is 2.70. The van der Waals surface area contributed by atoms with Gasteiger partial charge >= 0.3 is 0 Å². The normalized spacial score (nSPS) is 22.7. The maximum absolute atomic E-state index is 2.37. The second-order valence-corrected chi connectivity index (χ2v) is 3.65. The molecule has 0 saturated carbocycles. The zero-order chi connectivity index (χ0) is 7.56. The largest absolute Gasteiger partial charge is 0.0810 e. The van der Waals surface area contributed by atoms with Crippen molar-refractivity contribution in [2.24, 2.45) is 17.8 Å². The molecule has 0 spiro atoms. The van der Waals surface area contributed by atoms with E-state index in [1.165, 1.54) is 12.8 Å². The molecule has 0 saturated heterocycles. The van der Waals surface area contributed by atoms with Crippen molar-refractivity contribution in [2.45, 2.75) is 33.6 Å². The van der Waals surface area contributed by atoms with Gasteiger partial charge in [-0.1, -0.05) is 39.3 Å². The van der Waals surface area contributed by atoms with Crippen LogP contribution in [0.15, 0.2) is 12.2 Å². The number of hydrogen-bond donors (Lipinski definition) is 0. The van der Waals surface area contributed by atoms with Crippen molar-refractivity contribution in [2.75, 3.05) is 0 Å². The minimum absolute atomic E-state index is 0.865. The quantitative estimate of drug-likeness (QED) is 0.523. The van der Waals surface area contributed by atoms with Gasteiger partial charge in [-0.2, -0.15) is 0 Å². The van der Waals surface area contributed by atoms with Crippen LogP contribution in [0.2, 0.25) is 0 Å². The smallest absolute Gasteiger partial charge is 0.00504 e. The fourth-order valence-electron chi connectivity index (χ4n) is 1.30. The zero-order valence-corrected chi connectivity index (χ0v) is 7.30. The number of hydrogen-bond acceptors (Lipinski definition) is 0. The Kier molecular flexibility index (Phi) is 2.53. The minimum Gasteiger partial charge on any atom is -0.0810 e. The molecule has 1 aliphatic rings. The third-order valence-corrected chi connectivity index (χ3v) is 2.72. The Hall–Kier alpha value is -0.260. The van der Waals surface area contributed by atoms with Crippen LogP contribution in [0.5, 0.6) is 0 Å². The Morgan fingerprint density at radius 2 is 1.80 bits per heavy atom. The number of rotatable bonds is 4. The molecule has 0 radical (unpaired) electrons. The van der Waals surface area contributed by atoms with Crippen molar-refractivity contribution in [1.29, 1.82) is 0 Å². The van der Waals surface area contributed by atoms with Crippen LogP contribution in [0, 0.1) is 17.8 Å². The molecule has 0 aliphatic heterocycles. The Morgan fingerprint density at radius 1 is 1.20 bits per heavy atom. The van der Waals surface area contributed by atoms with Crippen LogP contribution < -0.4 is 0 Å². The van der Waals surface area contributed by atoms with Gasteiger partial charge in [0.1, 0.15) is 0 Å². The fraction of sp³-hybridized carbons (Fsp3) is 0.800. The predicted octanol–water partition coefficient (Wildman–Crippen LogP) is 3.24. The molecule has 2 atom stereocenters.